The molecule has 1 aromatic rings. The van der Waals surface area contributed by atoms with Gasteiger partial charge < -0.3 is 10.1 Å². The smallest absolute Gasteiger partial charge is 0.348 e. The number of carbonyl (C=O) groups excluding carboxylic acids is 2. The molecule has 1 fully saturated rings. The van der Waals surface area contributed by atoms with Gasteiger partial charge in [0.15, 0.2) is 6.61 Å². The highest BCUT2D eigenvalue weighted by atomic mass is 32.1. The quantitative estimate of drug-likeness (QED) is 0.867. The summed E-state index contributed by atoms with van der Waals surface area (Å²) in [6.45, 7) is 2.07. The maximum atomic E-state index is 12.1. The van der Waals surface area contributed by atoms with Crippen molar-refractivity contribution in [1.29, 1.82) is 0 Å². The van der Waals surface area contributed by atoms with Crippen LogP contribution in [0.1, 0.15) is 59.1 Å². The van der Waals surface area contributed by atoms with Crippen molar-refractivity contribution in [3.05, 3.63) is 21.4 Å². The number of esters is 1. The highest BCUT2D eigenvalue weighted by Crippen LogP contribution is 2.32. The zero-order valence-corrected chi connectivity index (χ0v) is 13.8. The average molecular weight is 321 g/mol. The Hall–Kier alpha value is -1.36. The average Bonchev–Trinajstić information content (AvgIpc) is 3.13. The van der Waals surface area contributed by atoms with E-state index < -0.39 is 0 Å². The molecule has 1 saturated carbocycles. The normalized spacial score (nSPS) is 21.4. The fourth-order valence-corrected chi connectivity index (χ4v) is 4.45. The first kappa shape index (κ1) is 15.5. The van der Waals surface area contributed by atoms with Gasteiger partial charge in [0.2, 0.25) is 0 Å². The number of nitrogens with one attached hydrogen (secondary N) is 1. The van der Waals surface area contributed by atoms with Crippen LogP contribution in [0.25, 0.3) is 0 Å². The second-order valence-corrected chi connectivity index (χ2v) is 7.67. The summed E-state index contributed by atoms with van der Waals surface area (Å²) in [5.41, 5.74) is 1.28. The molecule has 22 heavy (non-hydrogen) atoms. The van der Waals surface area contributed by atoms with Gasteiger partial charge >= 0.3 is 5.97 Å². The van der Waals surface area contributed by atoms with E-state index in [2.05, 4.69) is 12.2 Å². The van der Waals surface area contributed by atoms with Gasteiger partial charge in [0.1, 0.15) is 4.88 Å². The monoisotopic (exact) mass is 321 g/mol. The fraction of sp³-hybridized carbons (Fsp3) is 0.647. The molecule has 5 heteroatoms. The third-order valence-corrected chi connectivity index (χ3v) is 5.80. The lowest BCUT2D eigenvalue weighted by Crippen LogP contribution is -2.35. The van der Waals surface area contributed by atoms with Crippen LogP contribution in [-0.4, -0.2) is 24.5 Å². The van der Waals surface area contributed by atoms with E-state index >= 15 is 0 Å². The summed E-state index contributed by atoms with van der Waals surface area (Å²) in [5, 5.41) is 2.93. The summed E-state index contributed by atoms with van der Waals surface area (Å²) in [6.07, 6.45) is 7.70. The van der Waals surface area contributed by atoms with Crippen molar-refractivity contribution in [1.82, 2.24) is 5.32 Å². The van der Waals surface area contributed by atoms with Crippen LogP contribution in [0.4, 0.5) is 0 Å². The minimum absolute atomic E-state index is 0.172. The lowest BCUT2D eigenvalue weighted by molar-refractivity contribution is -0.124. The Morgan fingerprint density at radius 2 is 2.09 bits per heavy atom. The van der Waals surface area contributed by atoms with Crippen LogP contribution in [0.3, 0.4) is 0 Å². The predicted octanol–water partition coefficient (Wildman–Crippen LogP) is 3.09. The van der Waals surface area contributed by atoms with Crippen molar-refractivity contribution in [3.8, 4) is 0 Å². The third-order valence-electron chi connectivity index (χ3n) is 4.59. The van der Waals surface area contributed by atoms with E-state index in [1.165, 1.54) is 41.0 Å². The Bertz CT molecular complexity index is 560. The number of hydrogen-bond donors (Lipinski definition) is 1. The van der Waals surface area contributed by atoms with Crippen molar-refractivity contribution in [2.75, 3.05) is 6.61 Å². The highest BCUT2D eigenvalue weighted by molar-refractivity contribution is 7.14. The van der Waals surface area contributed by atoms with E-state index in [0.717, 1.165) is 25.7 Å². The molecular weight excluding hydrogens is 298 g/mol. The Labute approximate surface area is 135 Å². The van der Waals surface area contributed by atoms with E-state index in [1.54, 1.807) is 0 Å². The van der Waals surface area contributed by atoms with Crippen molar-refractivity contribution in [2.24, 2.45) is 5.92 Å². The van der Waals surface area contributed by atoms with Gasteiger partial charge in [-0.15, -0.1) is 11.3 Å². The van der Waals surface area contributed by atoms with E-state index in [4.69, 9.17) is 4.74 Å². The SMILES string of the molecule is C[C@H]1CCc2sc(C(=O)OCC(=O)NC3CCCC3)cc2C1. The molecule has 2 aliphatic rings. The molecule has 0 bridgehead atoms. The topological polar surface area (TPSA) is 55.4 Å². The first-order chi connectivity index (χ1) is 10.6. The minimum atomic E-state index is -0.367. The van der Waals surface area contributed by atoms with Crippen molar-refractivity contribution in [3.63, 3.8) is 0 Å². The molecule has 0 radical (unpaired) electrons. The van der Waals surface area contributed by atoms with Gasteiger partial charge in [-0.2, -0.15) is 0 Å². The Morgan fingerprint density at radius 1 is 1.32 bits per heavy atom. The van der Waals surface area contributed by atoms with Crippen LogP contribution in [-0.2, 0) is 22.4 Å². The number of amides is 1. The van der Waals surface area contributed by atoms with Gasteiger partial charge in [0.05, 0.1) is 0 Å². The minimum Gasteiger partial charge on any atom is -0.451 e. The molecule has 1 heterocycles. The molecule has 1 aromatic heterocycles. The van der Waals surface area contributed by atoms with Gasteiger partial charge in [0, 0.05) is 10.9 Å². The van der Waals surface area contributed by atoms with Crippen LogP contribution < -0.4 is 5.32 Å². The standard InChI is InChI=1S/C17H23NO3S/c1-11-6-7-14-12(8-11)9-15(22-14)17(20)21-10-16(19)18-13-4-2-3-5-13/h9,11,13H,2-8,10H2,1H3,(H,18,19)/t11-/m0/s1. The Morgan fingerprint density at radius 3 is 2.86 bits per heavy atom. The van der Waals surface area contributed by atoms with Crippen LogP contribution >= 0.6 is 11.3 Å². The predicted molar refractivity (Wildman–Crippen MR) is 86.2 cm³/mol. The van der Waals surface area contributed by atoms with E-state index in [9.17, 15) is 9.59 Å². The van der Waals surface area contributed by atoms with Crippen molar-refractivity contribution in [2.45, 2.75) is 57.9 Å². The lowest BCUT2D eigenvalue weighted by Gasteiger charge is -2.16. The third kappa shape index (κ3) is 3.69. The largest absolute Gasteiger partial charge is 0.451 e. The van der Waals surface area contributed by atoms with Gasteiger partial charge in [-0.3, -0.25) is 4.79 Å². The van der Waals surface area contributed by atoms with Gasteiger partial charge in [-0.1, -0.05) is 19.8 Å². The highest BCUT2D eigenvalue weighted by Gasteiger charge is 2.22. The number of carbonyl (C=O) groups is 2. The zero-order valence-electron chi connectivity index (χ0n) is 13.0. The molecule has 0 aromatic carbocycles. The molecule has 1 N–H and O–H groups in total. The second-order valence-electron chi connectivity index (χ2n) is 6.53. The van der Waals surface area contributed by atoms with Gasteiger partial charge in [0.25, 0.3) is 5.91 Å². The van der Waals surface area contributed by atoms with E-state index in [0.29, 0.717) is 10.8 Å². The first-order valence-electron chi connectivity index (χ1n) is 8.20. The fourth-order valence-electron chi connectivity index (χ4n) is 3.35. The molecule has 4 nitrogen and oxygen atoms in total. The number of ether oxygens (including phenoxy) is 1. The summed E-state index contributed by atoms with van der Waals surface area (Å²) in [4.78, 5) is 25.8. The number of fused-ring (bicyclic) bond motifs is 1. The Balaban J connectivity index is 1.50. The molecule has 0 unspecified atom stereocenters. The summed E-state index contributed by atoms with van der Waals surface area (Å²) in [6, 6.07) is 2.22. The van der Waals surface area contributed by atoms with Crippen LogP contribution in [0.15, 0.2) is 6.07 Å². The summed E-state index contributed by atoms with van der Waals surface area (Å²) >= 11 is 1.52. The molecule has 0 aliphatic heterocycles. The van der Waals surface area contributed by atoms with Crippen molar-refractivity contribution < 1.29 is 14.3 Å². The van der Waals surface area contributed by atoms with E-state index in [-0.39, 0.29) is 24.5 Å². The maximum absolute atomic E-state index is 12.1. The first-order valence-corrected chi connectivity index (χ1v) is 9.01. The summed E-state index contributed by atoms with van der Waals surface area (Å²) in [5.74, 6) is 0.131. The molecule has 120 valence electrons. The van der Waals surface area contributed by atoms with E-state index in [1.807, 2.05) is 6.07 Å². The molecule has 1 atom stereocenters. The molecule has 1 amide bonds. The van der Waals surface area contributed by atoms with Gasteiger partial charge in [-0.05, 0) is 49.7 Å². The second kappa shape index (κ2) is 6.82. The molecular formula is C17H23NO3S. The summed E-state index contributed by atoms with van der Waals surface area (Å²) < 4.78 is 5.16. The molecule has 0 saturated heterocycles. The van der Waals surface area contributed by atoms with Crippen LogP contribution in [0.5, 0.6) is 0 Å². The lowest BCUT2D eigenvalue weighted by atomic mass is 9.90. The van der Waals surface area contributed by atoms with Gasteiger partial charge in [-0.25, -0.2) is 4.79 Å². The van der Waals surface area contributed by atoms with Crippen LogP contribution in [0, 0.1) is 5.92 Å². The summed E-state index contributed by atoms with van der Waals surface area (Å²) in [7, 11) is 0. The molecule has 2 aliphatic carbocycles. The maximum Gasteiger partial charge on any atom is 0.348 e. The number of hydrogen-bond acceptors (Lipinski definition) is 4. The Kier molecular flexibility index (Phi) is 4.81. The number of thiophene rings is 1. The molecule has 0 spiro atoms. The van der Waals surface area contributed by atoms with Crippen molar-refractivity contribution >= 4 is 23.2 Å². The number of aryl methyl sites for hydroxylation is 1. The number of rotatable bonds is 4. The molecule has 3 rings (SSSR count). The zero-order chi connectivity index (χ0) is 15.5. The van der Waals surface area contributed by atoms with Crippen LogP contribution in [0.2, 0.25) is 0 Å².